The predicted octanol–water partition coefficient (Wildman–Crippen LogP) is 4.63. The van der Waals surface area contributed by atoms with Crippen LogP contribution in [-0.2, 0) is 13.1 Å². The van der Waals surface area contributed by atoms with Crippen molar-refractivity contribution in [1.29, 1.82) is 0 Å². The molecule has 6 nitrogen and oxygen atoms in total. The second-order valence-electron chi connectivity index (χ2n) is 7.56. The molecule has 154 valence electrons. The average molecular weight is 440 g/mol. The highest BCUT2D eigenvalue weighted by molar-refractivity contribution is 7.13. The van der Waals surface area contributed by atoms with Crippen molar-refractivity contribution in [3.63, 3.8) is 0 Å². The average Bonchev–Trinajstić information content (AvgIpc) is 3.45. The Kier molecular flexibility index (Phi) is 5.52. The van der Waals surface area contributed by atoms with Crippen LogP contribution in [0.25, 0.3) is 21.6 Å². The Morgan fingerprint density at radius 3 is 2.53 bits per heavy atom. The first-order valence-corrected chi connectivity index (χ1v) is 11.3. The highest BCUT2D eigenvalue weighted by Gasteiger charge is 2.21. The fourth-order valence-corrected chi connectivity index (χ4v) is 4.71. The molecule has 1 aromatic carbocycles. The maximum atomic E-state index is 6.65. The molecule has 5 rings (SSSR count). The normalized spacial score (nSPS) is 15.8. The highest BCUT2D eigenvalue weighted by Crippen LogP contribution is 2.28. The van der Waals surface area contributed by atoms with Crippen LogP contribution in [-0.4, -0.2) is 51.1 Å². The first-order valence-electron chi connectivity index (χ1n) is 10.0. The molecule has 0 bridgehead atoms. The summed E-state index contributed by atoms with van der Waals surface area (Å²) < 4.78 is 5.45. The topological polar surface area (TPSA) is 58.3 Å². The van der Waals surface area contributed by atoms with Gasteiger partial charge in [-0.05, 0) is 30.0 Å². The van der Waals surface area contributed by atoms with E-state index in [9.17, 15) is 0 Å². The third kappa shape index (κ3) is 3.98. The van der Waals surface area contributed by atoms with E-state index in [1.165, 1.54) is 0 Å². The molecule has 1 fully saturated rings. The number of aromatic nitrogens is 3. The van der Waals surface area contributed by atoms with Crippen LogP contribution in [0.15, 0.2) is 46.3 Å². The van der Waals surface area contributed by atoms with Crippen LogP contribution in [0.1, 0.15) is 17.1 Å². The minimum absolute atomic E-state index is 0.668. The predicted molar refractivity (Wildman–Crippen MR) is 120 cm³/mol. The molecule has 0 amide bonds. The number of benzene rings is 1. The maximum absolute atomic E-state index is 6.65. The van der Waals surface area contributed by atoms with Crippen LogP contribution >= 0.6 is 22.9 Å². The van der Waals surface area contributed by atoms with E-state index in [-0.39, 0.29) is 0 Å². The fourth-order valence-electron chi connectivity index (χ4n) is 3.86. The summed E-state index contributed by atoms with van der Waals surface area (Å²) >= 11 is 8.26. The van der Waals surface area contributed by atoms with Gasteiger partial charge in [0.05, 0.1) is 27.7 Å². The van der Waals surface area contributed by atoms with Gasteiger partial charge in [-0.2, -0.15) is 4.98 Å². The number of halogens is 1. The van der Waals surface area contributed by atoms with E-state index in [0.29, 0.717) is 18.3 Å². The van der Waals surface area contributed by atoms with Crippen LogP contribution < -0.4 is 0 Å². The van der Waals surface area contributed by atoms with E-state index in [1.807, 2.05) is 29.6 Å². The number of pyridine rings is 1. The summed E-state index contributed by atoms with van der Waals surface area (Å²) in [5, 5.41) is 8.02. The van der Waals surface area contributed by atoms with E-state index < -0.39 is 0 Å². The molecule has 1 aliphatic heterocycles. The van der Waals surface area contributed by atoms with Gasteiger partial charge in [0.25, 0.3) is 0 Å². The molecule has 4 aromatic rings. The highest BCUT2D eigenvalue weighted by atomic mass is 35.5. The number of thiophene rings is 1. The van der Waals surface area contributed by atoms with Crippen molar-refractivity contribution in [2.24, 2.45) is 0 Å². The minimum atomic E-state index is 0.668. The number of hydrogen-bond donors (Lipinski definition) is 0. The molecule has 4 heterocycles. The molecule has 1 saturated heterocycles. The lowest BCUT2D eigenvalue weighted by molar-refractivity contribution is 0.111. The first kappa shape index (κ1) is 19.6. The summed E-state index contributed by atoms with van der Waals surface area (Å²) in [6, 6.07) is 12.2. The summed E-state index contributed by atoms with van der Waals surface area (Å²) in [6.07, 6.45) is 0. The van der Waals surface area contributed by atoms with E-state index in [0.717, 1.165) is 64.8 Å². The van der Waals surface area contributed by atoms with Crippen LogP contribution in [0.4, 0.5) is 0 Å². The van der Waals surface area contributed by atoms with Crippen LogP contribution in [0.5, 0.6) is 0 Å². The summed E-state index contributed by atoms with van der Waals surface area (Å²) in [5.41, 5.74) is 3.07. The van der Waals surface area contributed by atoms with Gasteiger partial charge in [-0.15, -0.1) is 11.3 Å². The molecule has 1 aliphatic rings. The summed E-state index contributed by atoms with van der Waals surface area (Å²) in [7, 11) is 0. The fraction of sp³-hybridized carbons (Fsp3) is 0.318. The van der Waals surface area contributed by atoms with Gasteiger partial charge in [0.15, 0.2) is 0 Å². The van der Waals surface area contributed by atoms with E-state index in [4.69, 9.17) is 21.1 Å². The Morgan fingerprint density at radius 1 is 1.00 bits per heavy atom. The molecule has 30 heavy (non-hydrogen) atoms. The molecule has 0 atom stereocenters. The molecule has 0 aliphatic carbocycles. The Hall–Kier alpha value is -2.32. The van der Waals surface area contributed by atoms with Crippen molar-refractivity contribution in [3.05, 3.63) is 63.9 Å². The van der Waals surface area contributed by atoms with Gasteiger partial charge >= 0.3 is 0 Å². The molecule has 3 aromatic heterocycles. The number of hydrogen-bond acceptors (Lipinski definition) is 7. The quantitative estimate of drug-likeness (QED) is 0.452. The Labute approximate surface area is 184 Å². The van der Waals surface area contributed by atoms with E-state index in [2.05, 4.69) is 39.0 Å². The smallest absolute Gasteiger partial charge is 0.241 e. The molecule has 8 heteroatoms. The number of rotatable bonds is 5. The van der Waals surface area contributed by atoms with Gasteiger partial charge in [-0.25, -0.2) is 4.98 Å². The number of piperazine rings is 1. The van der Waals surface area contributed by atoms with Crippen LogP contribution in [0, 0.1) is 6.92 Å². The van der Waals surface area contributed by atoms with Gasteiger partial charge in [0.2, 0.25) is 11.7 Å². The lowest BCUT2D eigenvalue weighted by Crippen LogP contribution is -2.45. The van der Waals surface area contributed by atoms with E-state index >= 15 is 0 Å². The molecule has 0 radical (unpaired) electrons. The molecule has 0 saturated carbocycles. The van der Waals surface area contributed by atoms with Gasteiger partial charge in [-0.3, -0.25) is 9.80 Å². The summed E-state index contributed by atoms with van der Waals surface area (Å²) in [4.78, 5) is 15.1. The second kappa shape index (κ2) is 8.43. The monoisotopic (exact) mass is 439 g/mol. The zero-order valence-corrected chi connectivity index (χ0v) is 18.3. The van der Waals surface area contributed by atoms with Gasteiger partial charge in [0, 0.05) is 38.1 Å². The van der Waals surface area contributed by atoms with Gasteiger partial charge < -0.3 is 4.52 Å². The van der Waals surface area contributed by atoms with Crippen molar-refractivity contribution < 1.29 is 4.52 Å². The third-order valence-electron chi connectivity index (χ3n) is 5.55. The first-order chi connectivity index (χ1) is 14.7. The Balaban J connectivity index is 1.21. The number of fused-ring (bicyclic) bond motifs is 1. The van der Waals surface area contributed by atoms with Gasteiger partial charge in [0.1, 0.15) is 0 Å². The minimum Gasteiger partial charge on any atom is -0.338 e. The van der Waals surface area contributed by atoms with Crippen molar-refractivity contribution in [3.8, 4) is 10.7 Å². The Morgan fingerprint density at radius 2 is 1.77 bits per heavy atom. The third-order valence-corrected chi connectivity index (χ3v) is 6.92. The second-order valence-corrected chi connectivity index (χ2v) is 8.88. The number of aryl methyl sites for hydroxylation is 1. The van der Waals surface area contributed by atoms with Crippen molar-refractivity contribution in [2.45, 2.75) is 20.0 Å². The SMILES string of the molecule is Cc1c(Cl)c(CN2CCN(Cc3nc(-c4cccs4)no3)CC2)nc2ccccc12. The molecule has 0 spiro atoms. The summed E-state index contributed by atoms with van der Waals surface area (Å²) in [5.74, 6) is 1.34. The maximum Gasteiger partial charge on any atom is 0.241 e. The lowest BCUT2D eigenvalue weighted by atomic mass is 10.1. The zero-order valence-electron chi connectivity index (χ0n) is 16.7. The summed E-state index contributed by atoms with van der Waals surface area (Å²) in [6.45, 7) is 7.32. The van der Waals surface area contributed by atoms with Crippen LogP contribution in [0.2, 0.25) is 5.02 Å². The van der Waals surface area contributed by atoms with Crippen molar-refractivity contribution >= 4 is 33.8 Å². The van der Waals surface area contributed by atoms with Crippen LogP contribution in [0.3, 0.4) is 0 Å². The Bertz CT molecular complexity index is 1150. The molecule has 0 N–H and O–H groups in total. The molecular weight excluding hydrogens is 418 g/mol. The van der Waals surface area contributed by atoms with Gasteiger partial charge in [-0.1, -0.05) is 41.0 Å². The largest absolute Gasteiger partial charge is 0.338 e. The number of para-hydroxylation sites is 1. The molecular formula is C22H22ClN5OS. The van der Waals surface area contributed by atoms with E-state index in [1.54, 1.807) is 11.3 Å². The van der Waals surface area contributed by atoms with Crippen molar-refractivity contribution in [2.75, 3.05) is 26.2 Å². The van der Waals surface area contributed by atoms with Crippen molar-refractivity contribution in [1.82, 2.24) is 24.9 Å². The standard InChI is InChI=1S/C22H22ClN5OS/c1-15-16-5-2-3-6-17(16)24-18(21(15)23)13-27-8-10-28(11-9-27)14-20-25-22(26-29-20)19-7-4-12-30-19/h2-7,12H,8-11,13-14H2,1H3. The zero-order chi connectivity index (χ0) is 20.5. The number of nitrogens with zero attached hydrogens (tertiary/aromatic N) is 5. The lowest BCUT2D eigenvalue weighted by Gasteiger charge is -2.33. The molecule has 0 unspecified atom stereocenters.